The van der Waals surface area contributed by atoms with E-state index in [4.69, 9.17) is 4.74 Å². The van der Waals surface area contributed by atoms with Crippen LogP contribution >= 0.6 is 0 Å². The number of carbonyl (C=O) groups is 1. The molecule has 120 valence electrons. The minimum absolute atomic E-state index is 0.202. The topological polar surface area (TPSA) is 83.9 Å². The summed E-state index contributed by atoms with van der Waals surface area (Å²) in [4.78, 5) is 11.6. The minimum Gasteiger partial charge on any atom is -0.481 e. The van der Waals surface area contributed by atoms with Crippen LogP contribution in [0.15, 0.2) is 29.2 Å². The predicted molar refractivity (Wildman–Crippen MR) is 78.7 cm³/mol. The van der Waals surface area contributed by atoms with Crippen LogP contribution < -0.4 is 0 Å². The van der Waals surface area contributed by atoms with Gasteiger partial charge in [0.2, 0.25) is 10.0 Å². The fourth-order valence-corrected chi connectivity index (χ4v) is 5.85. The van der Waals surface area contributed by atoms with E-state index < -0.39 is 28.0 Å². The Kier molecular flexibility index (Phi) is 3.96. The number of hydrogen-bond acceptors (Lipinski definition) is 4. The molecule has 0 aromatic heterocycles. The van der Waals surface area contributed by atoms with Crippen LogP contribution in [-0.2, 0) is 26.2 Å². The Morgan fingerprint density at radius 1 is 1.36 bits per heavy atom. The summed E-state index contributed by atoms with van der Waals surface area (Å²) >= 11 is 0. The van der Waals surface area contributed by atoms with Crippen LogP contribution in [0.5, 0.6) is 0 Å². The van der Waals surface area contributed by atoms with Crippen molar-refractivity contribution in [1.29, 1.82) is 0 Å². The van der Waals surface area contributed by atoms with Crippen molar-refractivity contribution in [1.82, 2.24) is 4.31 Å². The Morgan fingerprint density at radius 2 is 2.09 bits per heavy atom. The molecule has 0 radical (unpaired) electrons. The standard InChI is InChI=1S/C15H19NO5S/c1-21-9-10-4-2-3-5-14(10)22(19,20)16-11-6-7-13(16)12(8-11)15(17)18/h2-5,11-13H,6-9H2,1H3,(H,17,18). The Labute approximate surface area is 129 Å². The highest BCUT2D eigenvalue weighted by molar-refractivity contribution is 7.89. The van der Waals surface area contributed by atoms with Crippen LogP contribution in [0.1, 0.15) is 24.8 Å². The van der Waals surface area contributed by atoms with Gasteiger partial charge in [0.1, 0.15) is 0 Å². The van der Waals surface area contributed by atoms with Gasteiger partial charge in [0.25, 0.3) is 0 Å². The summed E-state index contributed by atoms with van der Waals surface area (Å²) in [5.74, 6) is -1.50. The van der Waals surface area contributed by atoms with E-state index in [0.29, 0.717) is 18.4 Å². The largest absolute Gasteiger partial charge is 0.481 e. The maximum atomic E-state index is 13.0. The zero-order valence-corrected chi connectivity index (χ0v) is 13.1. The van der Waals surface area contributed by atoms with Crippen LogP contribution in [0, 0.1) is 5.92 Å². The van der Waals surface area contributed by atoms with Gasteiger partial charge in [-0.05, 0) is 30.9 Å². The third kappa shape index (κ3) is 2.33. The smallest absolute Gasteiger partial charge is 0.308 e. The summed E-state index contributed by atoms with van der Waals surface area (Å²) in [5.41, 5.74) is 0.600. The van der Waals surface area contributed by atoms with Crippen molar-refractivity contribution in [2.75, 3.05) is 7.11 Å². The summed E-state index contributed by atoms with van der Waals surface area (Å²) in [6, 6.07) is 6.11. The molecular formula is C15H19NO5S. The van der Waals surface area contributed by atoms with Gasteiger partial charge in [-0.15, -0.1) is 0 Å². The van der Waals surface area contributed by atoms with Crippen LogP contribution in [0.2, 0.25) is 0 Å². The summed E-state index contributed by atoms with van der Waals surface area (Å²) in [6.07, 6.45) is 1.76. The van der Waals surface area contributed by atoms with Crippen molar-refractivity contribution in [3.63, 3.8) is 0 Å². The lowest BCUT2D eigenvalue weighted by Crippen LogP contribution is -2.38. The van der Waals surface area contributed by atoms with E-state index in [2.05, 4.69) is 0 Å². The molecule has 2 aliphatic heterocycles. The molecule has 2 bridgehead atoms. The third-order valence-corrected chi connectivity index (χ3v) is 6.70. The second kappa shape index (κ2) is 5.64. The lowest BCUT2D eigenvalue weighted by atomic mass is 9.89. The molecule has 0 saturated carbocycles. The van der Waals surface area contributed by atoms with E-state index in [1.54, 1.807) is 24.3 Å². The van der Waals surface area contributed by atoms with Crippen molar-refractivity contribution in [2.24, 2.45) is 5.92 Å². The molecule has 22 heavy (non-hydrogen) atoms. The van der Waals surface area contributed by atoms with E-state index in [1.165, 1.54) is 11.4 Å². The molecule has 1 aromatic carbocycles. The zero-order valence-electron chi connectivity index (χ0n) is 12.3. The summed E-state index contributed by atoms with van der Waals surface area (Å²) < 4.78 is 32.6. The van der Waals surface area contributed by atoms with Crippen molar-refractivity contribution < 1.29 is 23.1 Å². The monoisotopic (exact) mass is 325 g/mol. The van der Waals surface area contributed by atoms with Crippen LogP contribution in [0.25, 0.3) is 0 Å². The molecule has 7 heteroatoms. The Hall–Kier alpha value is -1.44. The van der Waals surface area contributed by atoms with Gasteiger partial charge >= 0.3 is 5.97 Å². The lowest BCUT2D eigenvalue weighted by molar-refractivity contribution is -0.142. The predicted octanol–water partition coefficient (Wildman–Crippen LogP) is 1.46. The number of nitrogens with zero attached hydrogens (tertiary/aromatic N) is 1. The zero-order chi connectivity index (χ0) is 15.9. The summed E-state index contributed by atoms with van der Waals surface area (Å²) in [7, 11) is -2.19. The van der Waals surface area contributed by atoms with Gasteiger partial charge in [0, 0.05) is 19.2 Å². The van der Waals surface area contributed by atoms with Gasteiger partial charge in [-0.25, -0.2) is 8.42 Å². The highest BCUT2D eigenvalue weighted by Gasteiger charge is 2.54. The number of aliphatic carboxylic acids is 1. The Bertz CT molecular complexity index is 687. The Balaban J connectivity index is 2.00. The van der Waals surface area contributed by atoms with Gasteiger partial charge in [0.15, 0.2) is 0 Å². The lowest BCUT2D eigenvalue weighted by Gasteiger charge is -2.23. The minimum atomic E-state index is -3.70. The molecular weight excluding hydrogens is 306 g/mol. The highest BCUT2D eigenvalue weighted by atomic mass is 32.2. The quantitative estimate of drug-likeness (QED) is 0.886. The first-order chi connectivity index (χ1) is 10.5. The molecule has 2 fully saturated rings. The average molecular weight is 325 g/mol. The molecule has 0 aliphatic carbocycles. The number of ether oxygens (including phenoxy) is 1. The Morgan fingerprint density at radius 3 is 2.73 bits per heavy atom. The average Bonchev–Trinajstić information content (AvgIpc) is 3.06. The molecule has 2 aliphatic rings. The van der Waals surface area contributed by atoms with Gasteiger partial charge in [-0.3, -0.25) is 4.79 Å². The SMILES string of the molecule is COCc1ccccc1S(=O)(=O)N1C2CCC1C(C(=O)O)C2. The molecule has 1 aromatic rings. The van der Waals surface area contributed by atoms with Gasteiger partial charge in [-0.2, -0.15) is 4.31 Å². The first-order valence-electron chi connectivity index (χ1n) is 7.30. The number of fused-ring (bicyclic) bond motifs is 2. The number of sulfonamides is 1. The molecule has 6 nitrogen and oxygen atoms in total. The second-order valence-corrected chi connectivity index (χ2v) is 7.67. The number of carboxylic acid groups (broad SMARTS) is 1. The van der Waals surface area contributed by atoms with Gasteiger partial charge < -0.3 is 9.84 Å². The van der Waals surface area contributed by atoms with Crippen LogP contribution in [0.3, 0.4) is 0 Å². The molecule has 0 spiro atoms. The number of benzene rings is 1. The maximum Gasteiger partial charge on any atom is 0.308 e. The van der Waals surface area contributed by atoms with Crippen molar-refractivity contribution in [2.45, 2.75) is 42.8 Å². The maximum absolute atomic E-state index is 13.0. The van der Waals surface area contributed by atoms with E-state index in [0.717, 1.165) is 6.42 Å². The second-order valence-electron chi connectivity index (χ2n) is 5.85. The van der Waals surface area contributed by atoms with Crippen LogP contribution in [0.4, 0.5) is 0 Å². The molecule has 3 unspecified atom stereocenters. The van der Waals surface area contributed by atoms with Gasteiger partial charge in [-0.1, -0.05) is 18.2 Å². The molecule has 3 atom stereocenters. The van der Waals surface area contributed by atoms with Crippen molar-refractivity contribution >= 4 is 16.0 Å². The van der Waals surface area contributed by atoms with E-state index >= 15 is 0 Å². The van der Waals surface area contributed by atoms with E-state index in [9.17, 15) is 18.3 Å². The summed E-state index contributed by atoms with van der Waals surface area (Å²) in [6.45, 7) is 0.209. The molecule has 3 rings (SSSR count). The van der Waals surface area contributed by atoms with E-state index in [-0.39, 0.29) is 17.5 Å². The first-order valence-corrected chi connectivity index (χ1v) is 8.74. The fraction of sp³-hybridized carbons (Fsp3) is 0.533. The molecule has 0 amide bonds. The molecule has 2 saturated heterocycles. The van der Waals surface area contributed by atoms with Crippen molar-refractivity contribution in [3.8, 4) is 0 Å². The highest BCUT2D eigenvalue weighted by Crippen LogP contribution is 2.45. The third-order valence-electron chi connectivity index (χ3n) is 4.62. The van der Waals surface area contributed by atoms with Gasteiger partial charge in [0.05, 0.1) is 17.4 Å². The first kappa shape index (κ1) is 15.5. The normalized spacial score (nSPS) is 28.1. The number of methoxy groups -OCH3 is 1. The van der Waals surface area contributed by atoms with Crippen molar-refractivity contribution in [3.05, 3.63) is 29.8 Å². The van der Waals surface area contributed by atoms with E-state index in [1.807, 2.05) is 0 Å². The fourth-order valence-electron chi connectivity index (χ4n) is 3.72. The summed E-state index contributed by atoms with van der Waals surface area (Å²) in [5, 5.41) is 9.29. The number of carboxylic acids is 1. The van der Waals surface area contributed by atoms with Crippen LogP contribution in [-0.4, -0.2) is 43.0 Å². The number of rotatable bonds is 5. The number of hydrogen-bond donors (Lipinski definition) is 1. The molecule has 2 heterocycles. The molecule has 1 N–H and O–H groups in total.